The molecule has 1 saturated heterocycles. The summed E-state index contributed by atoms with van der Waals surface area (Å²) in [5.41, 5.74) is 7.48. The van der Waals surface area contributed by atoms with Crippen molar-refractivity contribution >= 4 is 16.6 Å². The second kappa shape index (κ2) is 15.5. The predicted octanol–water partition coefficient (Wildman–Crippen LogP) is 8.86. The topological polar surface area (TPSA) is 45.1 Å². The molecule has 4 aromatic rings. The molecule has 0 saturated carbocycles. The zero-order chi connectivity index (χ0) is 30.9. The fourth-order valence-corrected chi connectivity index (χ4v) is 6.41. The van der Waals surface area contributed by atoms with Crippen LogP contribution in [0.4, 0.5) is 5.69 Å². The van der Waals surface area contributed by atoms with Crippen LogP contribution in [0.15, 0.2) is 66.7 Å². The van der Waals surface area contributed by atoms with E-state index in [2.05, 4.69) is 97.0 Å². The van der Waals surface area contributed by atoms with Crippen molar-refractivity contribution in [2.24, 2.45) is 5.92 Å². The molecule has 1 aliphatic rings. The minimum Gasteiger partial charge on any atom is -0.494 e. The second-order valence-corrected chi connectivity index (χ2v) is 12.0. The van der Waals surface area contributed by atoms with Crippen LogP contribution in [0.2, 0.25) is 0 Å². The standard InChI is InChI=1S/C38H50N2O4/c1-6-8-24-43-33-16-12-30(13-17-33)37-28(3)35-26-34(44-25-9-7-2)18-19-36(35)40(37)27-29-10-14-32(15-11-29)39-22-20-31(21-23-39)38(41-4)42-5/h10-19,26,31,38H,6-9,20-25,27H2,1-5H3. The summed E-state index contributed by atoms with van der Waals surface area (Å²) < 4.78 is 25.6. The molecule has 0 amide bonds. The summed E-state index contributed by atoms with van der Waals surface area (Å²) >= 11 is 0. The van der Waals surface area contributed by atoms with Gasteiger partial charge in [0, 0.05) is 56.4 Å². The van der Waals surface area contributed by atoms with Crippen molar-refractivity contribution < 1.29 is 18.9 Å². The van der Waals surface area contributed by atoms with Crippen LogP contribution in [0.25, 0.3) is 22.2 Å². The fourth-order valence-electron chi connectivity index (χ4n) is 6.41. The zero-order valence-electron chi connectivity index (χ0n) is 27.3. The number of hydrogen-bond acceptors (Lipinski definition) is 5. The van der Waals surface area contributed by atoms with Crippen molar-refractivity contribution in [1.82, 2.24) is 4.57 Å². The summed E-state index contributed by atoms with van der Waals surface area (Å²) in [7, 11) is 3.47. The van der Waals surface area contributed by atoms with E-state index in [0.717, 1.165) is 82.9 Å². The Morgan fingerprint density at radius 2 is 1.39 bits per heavy atom. The lowest BCUT2D eigenvalue weighted by molar-refractivity contribution is -0.141. The van der Waals surface area contributed by atoms with Gasteiger partial charge in [-0.15, -0.1) is 0 Å². The fraction of sp³-hybridized carbons (Fsp3) is 0.474. The Hall–Kier alpha value is -3.48. The summed E-state index contributed by atoms with van der Waals surface area (Å²) in [6.45, 7) is 10.9. The Kier molecular flexibility index (Phi) is 11.2. The number of unbranched alkanes of at least 4 members (excludes halogenated alkanes) is 2. The van der Waals surface area contributed by atoms with Crippen LogP contribution in [0.3, 0.4) is 0 Å². The van der Waals surface area contributed by atoms with E-state index < -0.39 is 0 Å². The Labute approximate surface area is 263 Å². The molecule has 2 heterocycles. The van der Waals surface area contributed by atoms with Gasteiger partial charge in [0.15, 0.2) is 6.29 Å². The van der Waals surface area contributed by atoms with Crippen LogP contribution in [-0.4, -0.2) is 51.4 Å². The van der Waals surface area contributed by atoms with Crippen molar-refractivity contribution in [2.45, 2.75) is 72.1 Å². The molecule has 0 bridgehead atoms. The van der Waals surface area contributed by atoms with Gasteiger partial charge < -0.3 is 28.4 Å². The molecule has 236 valence electrons. The maximum absolute atomic E-state index is 6.10. The lowest BCUT2D eigenvalue weighted by Crippen LogP contribution is -2.39. The van der Waals surface area contributed by atoms with E-state index in [0.29, 0.717) is 5.92 Å². The van der Waals surface area contributed by atoms with Gasteiger partial charge in [-0.2, -0.15) is 0 Å². The molecule has 1 aliphatic heterocycles. The maximum atomic E-state index is 6.10. The maximum Gasteiger partial charge on any atom is 0.159 e. The quantitative estimate of drug-likeness (QED) is 0.101. The highest BCUT2D eigenvalue weighted by Crippen LogP contribution is 2.37. The molecule has 0 atom stereocenters. The number of aryl methyl sites for hydroxylation is 1. The zero-order valence-corrected chi connectivity index (χ0v) is 27.3. The molecule has 0 aliphatic carbocycles. The molecule has 0 unspecified atom stereocenters. The van der Waals surface area contributed by atoms with Crippen molar-refractivity contribution in [1.29, 1.82) is 0 Å². The lowest BCUT2D eigenvalue weighted by atomic mass is 9.95. The van der Waals surface area contributed by atoms with E-state index in [4.69, 9.17) is 18.9 Å². The average molecular weight is 599 g/mol. The van der Waals surface area contributed by atoms with Gasteiger partial charge in [0.25, 0.3) is 0 Å². The molecule has 0 radical (unpaired) electrons. The van der Waals surface area contributed by atoms with Crippen LogP contribution in [0.5, 0.6) is 11.5 Å². The molecular weight excluding hydrogens is 548 g/mol. The minimum absolute atomic E-state index is 0.114. The molecule has 5 rings (SSSR count). The van der Waals surface area contributed by atoms with Gasteiger partial charge >= 0.3 is 0 Å². The summed E-state index contributed by atoms with van der Waals surface area (Å²) in [6.07, 6.45) is 6.40. The summed E-state index contributed by atoms with van der Waals surface area (Å²) in [6, 6.07) is 24.3. The monoisotopic (exact) mass is 598 g/mol. The summed E-state index contributed by atoms with van der Waals surface area (Å²) in [5, 5.41) is 1.24. The van der Waals surface area contributed by atoms with Gasteiger partial charge in [0.2, 0.25) is 0 Å². The average Bonchev–Trinajstić information content (AvgIpc) is 3.33. The van der Waals surface area contributed by atoms with E-state index in [1.807, 2.05) is 0 Å². The van der Waals surface area contributed by atoms with Crippen LogP contribution in [0, 0.1) is 12.8 Å². The predicted molar refractivity (Wildman–Crippen MR) is 181 cm³/mol. The van der Waals surface area contributed by atoms with E-state index in [-0.39, 0.29) is 6.29 Å². The first-order valence-electron chi connectivity index (χ1n) is 16.4. The Bertz CT molecular complexity index is 1450. The molecule has 1 fully saturated rings. The number of rotatable bonds is 15. The van der Waals surface area contributed by atoms with Crippen LogP contribution < -0.4 is 14.4 Å². The third-order valence-corrected chi connectivity index (χ3v) is 8.98. The number of ether oxygens (including phenoxy) is 4. The van der Waals surface area contributed by atoms with Gasteiger partial charge in [-0.1, -0.05) is 38.8 Å². The highest BCUT2D eigenvalue weighted by Gasteiger charge is 2.26. The van der Waals surface area contributed by atoms with Crippen molar-refractivity contribution in [2.75, 3.05) is 45.4 Å². The molecule has 0 spiro atoms. The Morgan fingerprint density at radius 3 is 2.00 bits per heavy atom. The molecule has 3 aromatic carbocycles. The third-order valence-electron chi connectivity index (χ3n) is 8.98. The smallest absolute Gasteiger partial charge is 0.159 e. The molecule has 44 heavy (non-hydrogen) atoms. The number of aromatic nitrogens is 1. The second-order valence-electron chi connectivity index (χ2n) is 12.0. The van der Waals surface area contributed by atoms with Gasteiger partial charge in [0.05, 0.1) is 18.9 Å². The number of anilines is 1. The minimum atomic E-state index is -0.114. The van der Waals surface area contributed by atoms with E-state index in [9.17, 15) is 0 Å². The van der Waals surface area contributed by atoms with Crippen LogP contribution in [-0.2, 0) is 16.0 Å². The highest BCUT2D eigenvalue weighted by atomic mass is 16.7. The highest BCUT2D eigenvalue weighted by molar-refractivity contribution is 5.92. The third kappa shape index (κ3) is 7.41. The molecule has 0 N–H and O–H groups in total. The Balaban J connectivity index is 1.40. The molecule has 1 aromatic heterocycles. The van der Waals surface area contributed by atoms with Crippen molar-refractivity contribution in [3.8, 4) is 22.8 Å². The van der Waals surface area contributed by atoms with Crippen LogP contribution in [0.1, 0.15) is 63.5 Å². The van der Waals surface area contributed by atoms with Gasteiger partial charge in [-0.3, -0.25) is 0 Å². The van der Waals surface area contributed by atoms with Crippen molar-refractivity contribution in [3.63, 3.8) is 0 Å². The van der Waals surface area contributed by atoms with E-state index in [1.165, 1.54) is 39.0 Å². The number of fused-ring (bicyclic) bond motifs is 1. The number of hydrogen-bond donors (Lipinski definition) is 0. The summed E-state index contributed by atoms with van der Waals surface area (Å²) in [5.74, 6) is 2.31. The first kappa shape index (κ1) is 31.9. The molecule has 6 heteroatoms. The van der Waals surface area contributed by atoms with E-state index >= 15 is 0 Å². The molecular formula is C38H50N2O4. The number of nitrogens with zero attached hydrogens (tertiary/aromatic N) is 2. The summed E-state index contributed by atoms with van der Waals surface area (Å²) in [4.78, 5) is 2.48. The van der Waals surface area contributed by atoms with Crippen molar-refractivity contribution in [3.05, 3.63) is 77.9 Å². The molecule has 6 nitrogen and oxygen atoms in total. The SMILES string of the molecule is CCCCOc1ccc(-c2c(C)c3cc(OCCCC)ccc3n2Cc2ccc(N3CCC(C(OC)OC)CC3)cc2)cc1. The number of methoxy groups -OCH3 is 2. The number of piperidine rings is 1. The largest absolute Gasteiger partial charge is 0.494 e. The number of benzene rings is 3. The Morgan fingerprint density at radius 1 is 0.773 bits per heavy atom. The van der Waals surface area contributed by atoms with Crippen LogP contribution >= 0.6 is 0 Å². The first-order valence-corrected chi connectivity index (χ1v) is 16.4. The lowest BCUT2D eigenvalue weighted by Gasteiger charge is -2.36. The van der Waals surface area contributed by atoms with E-state index in [1.54, 1.807) is 14.2 Å². The van der Waals surface area contributed by atoms with Gasteiger partial charge in [-0.25, -0.2) is 0 Å². The van der Waals surface area contributed by atoms with Gasteiger partial charge in [-0.05, 0) is 104 Å². The van der Waals surface area contributed by atoms with Gasteiger partial charge in [0.1, 0.15) is 11.5 Å². The first-order chi connectivity index (χ1) is 21.6. The normalized spacial score (nSPS) is 14.1.